The number of esters is 1. The molecule has 0 aliphatic carbocycles. The number of morpholine rings is 1. The Hall–Kier alpha value is -2.61. The van der Waals surface area contributed by atoms with Gasteiger partial charge in [-0.1, -0.05) is 12.1 Å². The molecule has 0 spiro atoms. The minimum atomic E-state index is -0.537. The number of para-hydroxylation sites is 2. The highest BCUT2D eigenvalue weighted by molar-refractivity contribution is 5.81. The number of rotatable bonds is 5. The van der Waals surface area contributed by atoms with E-state index in [1.165, 1.54) is 4.57 Å². The van der Waals surface area contributed by atoms with Gasteiger partial charge < -0.3 is 18.8 Å². The van der Waals surface area contributed by atoms with Crippen LogP contribution in [0.5, 0.6) is 0 Å². The van der Waals surface area contributed by atoms with E-state index in [4.69, 9.17) is 13.9 Å². The van der Waals surface area contributed by atoms with Crippen molar-refractivity contribution in [3.63, 3.8) is 0 Å². The molecular formula is C18H22N2O6. The van der Waals surface area contributed by atoms with E-state index in [0.29, 0.717) is 24.2 Å². The van der Waals surface area contributed by atoms with Crippen LogP contribution in [0, 0.1) is 0 Å². The smallest absolute Gasteiger partial charge is 0.419 e. The van der Waals surface area contributed by atoms with Crippen molar-refractivity contribution < 1.29 is 23.5 Å². The Balaban J connectivity index is 1.50. The van der Waals surface area contributed by atoms with Crippen LogP contribution in [0.1, 0.15) is 20.3 Å². The first-order chi connectivity index (χ1) is 12.4. The Bertz CT molecular complexity index is 845. The molecule has 1 aromatic carbocycles. The number of nitrogens with zero attached hydrogens (tertiary/aromatic N) is 2. The molecule has 0 saturated carbocycles. The van der Waals surface area contributed by atoms with Gasteiger partial charge in [0.15, 0.2) is 12.2 Å². The molecule has 8 nitrogen and oxygen atoms in total. The summed E-state index contributed by atoms with van der Waals surface area (Å²) < 4.78 is 17.1. The second-order valence-electron chi connectivity index (χ2n) is 6.45. The van der Waals surface area contributed by atoms with Gasteiger partial charge >= 0.3 is 11.7 Å². The number of benzene rings is 1. The van der Waals surface area contributed by atoms with Crippen molar-refractivity contribution in [3.8, 4) is 0 Å². The number of aromatic nitrogens is 1. The summed E-state index contributed by atoms with van der Waals surface area (Å²) in [7, 11) is 0. The van der Waals surface area contributed by atoms with Gasteiger partial charge in [0.1, 0.15) is 0 Å². The number of fused-ring (bicyclic) bond motifs is 1. The van der Waals surface area contributed by atoms with E-state index < -0.39 is 11.7 Å². The normalized spacial score (nSPS) is 20.3. The molecule has 2 heterocycles. The minimum absolute atomic E-state index is 0.0212. The molecule has 0 radical (unpaired) electrons. The molecule has 1 saturated heterocycles. The minimum Gasteiger partial charge on any atom is -0.456 e. The Morgan fingerprint density at radius 2 is 1.88 bits per heavy atom. The van der Waals surface area contributed by atoms with Crippen molar-refractivity contribution in [1.29, 1.82) is 0 Å². The van der Waals surface area contributed by atoms with E-state index in [0.717, 1.165) is 0 Å². The van der Waals surface area contributed by atoms with Gasteiger partial charge in [-0.25, -0.2) is 4.79 Å². The van der Waals surface area contributed by atoms with Gasteiger partial charge in [0.25, 0.3) is 5.91 Å². The maximum atomic E-state index is 12.2. The topological polar surface area (TPSA) is 91.0 Å². The monoisotopic (exact) mass is 362 g/mol. The van der Waals surface area contributed by atoms with Crippen molar-refractivity contribution >= 4 is 23.0 Å². The maximum absolute atomic E-state index is 12.2. The lowest BCUT2D eigenvalue weighted by atomic mass is 10.2. The molecule has 0 unspecified atom stereocenters. The van der Waals surface area contributed by atoms with Crippen molar-refractivity contribution in [3.05, 3.63) is 34.8 Å². The van der Waals surface area contributed by atoms with E-state index in [9.17, 15) is 14.4 Å². The Kier molecular flexibility index (Phi) is 5.41. The van der Waals surface area contributed by atoms with Crippen LogP contribution in [-0.2, 0) is 25.6 Å². The molecule has 1 fully saturated rings. The molecule has 1 aliphatic rings. The third-order valence-electron chi connectivity index (χ3n) is 4.24. The summed E-state index contributed by atoms with van der Waals surface area (Å²) >= 11 is 0. The Morgan fingerprint density at radius 1 is 1.19 bits per heavy atom. The quantitative estimate of drug-likeness (QED) is 0.742. The highest BCUT2D eigenvalue weighted by Crippen LogP contribution is 2.13. The summed E-state index contributed by atoms with van der Waals surface area (Å²) in [5.74, 6) is -1.30. The molecule has 1 aromatic heterocycles. The average molecular weight is 362 g/mol. The molecule has 2 aromatic rings. The number of amides is 1. The lowest BCUT2D eigenvalue weighted by Gasteiger charge is -2.35. The van der Waals surface area contributed by atoms with Gasteiger partial charge in [-0.2, -0.15) is 0 Å². The van der Waals surface area contributed by atoms with E-state index in [-0.39, 0.29) is 37.7 Å². The zero-order valence-corrected chi connectivity index (χ0v) is 14.8. The van der Waals surface area contributed by atoms with Crippen LogP contribution in [0.15, 0.2) is 33.5 Å². The van der Waals surface area contributed by atoms with Crippen LogP contribution in [0.25, 0.3) is 11.1 Å². The number of hydrogen-bond donors (Lipinski definition) is 0. The lowest BCUT2D eigenvalue weighted by molar-refractivity contribution is -0.157. The van der Waals surface area contributed by atoms with E-state index in [2.05, 4.69) is 0 Å². The largest absolute Gasteiger partial charge is 0.456 e. The molecule has 3 rings (SSSR count). The van der Waals surface area contributed by atoms with E-state index >= 15 is 0 Å². The molecule has 1 aliphatic heterocycles. The van der Waals surface area contributed by atoms with Crippen LogP contribution < -0.4 is 5.76 Å². The van der Waals surface area contributed by atoms with Gasteiger partial charge in [-0.15, -0.1) is 0 Å². The summed E-state index contributed by atoms with van der Waals surface area (Å²) in [6.45, 7) is 4.59. The van der Waals surface area contributed by atoms with Gasteiger partial charge in [0, 0.05) is 19.6 Å². The van der Waals surface area contributed by atoms with Crippen LogP contribution >= 0.6 is 0 Å². The first-order valence-corrected chi connectivity index (χ1v) is 8.61. The number of ether oxygens (including phenoxy) is 2. The van der Waals surface area contributed by atoms with Crippen LogP contribution in [0.4, 0.5) is 0 Å². The van der Waals surface area contributed by atoms with E-state index in [1.807, 2.05) is 13.8 Å². The van der Waals surface area contributed by atoms with Gasteiger partial charge in [-0.3, -0.25) is 14.2 Å². The molecule has 26 heavy (non-hydrogen) atoms. The number of carbonyl (C=O) groups is 2. The van der Waals surface area contributed by atoms with Crippen molar-refractivity contribution in [2.75, 3.05) is 19.7 Å². The molecule has 1 amide bonds. The lowest BCUT2D eigenvalue weighted by Crippen LogP contribution is -2.49. The van der Waals surface area contributed by atoms with Crippen LogP contribution in [0.2, 0.25) is 0 Å². The third kappa shape index (κ3) is 4.13. The predicted octanol–water partition coefficient (Wildman–Crippen LogP) is 1.16. The van der Waals surface area contributed by atoms with Gasteiger partial charge in [0.05, 0.1) is 24.1 Å². The summed E-state index contributed by atoms with van der Waals surface area (Å²) in [5, 5.41) is 0. The standard InChI is InChI=1S/C18H22N2O6/c1-12-9-19(10-13(2)25-12)16(21)11-24-17(22)7-8-20-14-5-3-4-6-15(14)26-18(20)23/h3-6,12-13H,7-11H2,1-2H3/t12-,13+. The predicted molar refractivity (Wildman–Crippen MR) is 92.6 cm³/mol. The molecule has 0 bridgehead atoms. The van der Waals surface area contributed by atoms with Crippen LogP contribution in [-0.4, -0.2) is 53.2 Å². The average Bonchev–Trinajstić information content (AvgIpc) is 2.92. The fraction of sp³-hybridized carbons (Fsp3) is 0.500. The van der Waals surface area contributed by atoms with Crippen molar-refractivity contribution in [1.82, 2.24) is 9.47 Å². The molecule has 0 N–H and O–H groups in total. The van der Waals surface area contributed by atoms with Crippen molar-refractivity contribution in [2.24, 2.45) is 0 Å². The zero-order valence-electron chi connectivity index (χ0n) is 14.8. The highest BCUT2D eigenvalue weighted by atomic mass is 16.5. The summed E-state index contributed by atoms with van der Waals surface area (Å²) in [4.78, 5) is 37.6. The third-order valence-corrected chi connectivity index (χ3v) is 4.24. The van der Waals surface area contributed by atoms with E-state index in [1.54, 1.807) is 29.2 Å². The Morgan fingerprint density at radius 3 is 2.62 bits per heavy atom. The SMILES string of the molecule is C[C@@H]1CN(C(=O)COC(=O)CCn2c(=O)oc3ccccc32)C[C@H](C)O1. The number of aryl methyl sites for hydroxylation is 1. The summed E-state index contributed by atoms with van der Waals surface area (Å²) in [5.41, 5.74) is 1.09. The zero-order chi connectivity index (χ0) is 18.7. The number of hydrogen-bond acceptors (Lipinski definition) is 6. The fourth-order valence-corrected chi connectivity index (χ4v) is 3.12. The molecule has 2 atom stereocenters. The summed E-state index contributed by atoms with van der Waals surface area (Å²) in [6.07, 6.45) is -0.105. The number of carbonyl (C=O) groups excluding carboxylic acids is 2. The maximum Gasteiger partial charge on any atom is 0.419 e. The first-order valence-electron chi connectivity index (χ1n) is 8.61. The second-order valence-corrected chi connectivity index (χ2v) is 6.45. The fourth-order valence-electron chi connectivity index (χ4n) is 3.12. The molecule has 8 heteroatoms. The molecule has 140 valence electrons. The van der Waals surface area contributed by atoms with Gasteiger partial charge in [-0.05, 0) is 26.0 Å². The van der Waals surface area contributed by atoms with Crippen LogP contribution in [0.3, 0.4) is 0 Å². The van der Waals surface area contributed by atoms with Crippen molar-refractivity contribution in [2.45, 2.75) is 39.0 Å². The van der Waals surface area contributed by atoms with Gasteiger partial charge in [0.2, 0.25) is 0 Å². The Labute approximate surface area is 150 Å². The number of oxazole rings is 1. The molecular weight excluding hydrogens is 340 g/mol. The second kappa shape index (κ2) is 7.74. The first kappa shape index (κ1) is 18.2. The highest BCUT2D eigenvalue weighted by Gasteiger charge is 2.26. The summed E-state index contributed by atoms with van der Waals surface area (Å²) in [6, 6.07) is 6.99.